The maximum absolute atomic E-state index is 5.51. The third-order valence-corrected chi connectivity index (χ3v) is 5.77. The molecule has 0 aromatic carbocycles. The van der Waals surface area contributed by atoms with Gasteiger partial charge in [0.15, 0.2) is 0 Å². The first-order chi connectivity index (χ1) is 7.95. The predicted octanol–water partition coefficient (Wildman–Crippen LogP) is 2.24. The van der Waals surface area contributed by atoms with Crippen LogP contribution in [0.2, 0.25) is 0 Å². The highest BCUT2D eigenvalue weighted by Gasteiger charge is 2.15. The Morgan fingerprint density at radius 1 is 1.19 bits per heavy atom. The first-order valence-corrected chi connectivity index (χ1v) is 8.72. The normalized spacial score (nSPS) is 28.9. The van der Waals surface area contributed by atoms with Gasteiger partial charge in [-0.25, -0.2) is 0 Å². The third-order valence-electron chi connectivity index (χ3n) is 3.25. The third kappa shape index (κ3) is 4.86. The molecule has 94 valence electrons. The summed E-state index contributed by atoms with van der Waals surface area (Å²) in [6.45, 7) is 3.16. The first-order valence-electron chi connectivity index (χ1n) is 6.42. The van der Waals surface area contributed by atoms with E-state index in [-0.39, 0.29) is 0 Å². The van der Waals surface area contributed by atoms with Gasteiger partial charge in [0.05, 0.1) is 0 Å². The number of thioether (sulfide) groups is 2. The van der Waals surface area contributed by atoms with E-state index in [2.05, 4.69) is 28.8 Å². The van der Waals surface area contributed by atoms with Crippen LogP contribution in [0.4, 0.5) is 0 Å². The smallest absolute Gasteiger partial charge is 0.0494 e. The summed E-state index contributed by atoms with van der Waals surface area (Å²) in [6.07, 6.45) is 3.93. The number of hydrogen-bond donors (Lipinski definition) is 1. The first kappa shape index (κ1) is 13.1. The fraction of sp³-hybridized carbons (Fsp3) is 1.00. The van der Waals surface area contributed by atoms with Crippen molar-refractivity contribution in [3.8, 4) is 0 Å². The summed E-state index contributed by atoms with van der Waals surface area (Å²) in [5.74, 6) is 6.08. The van der Waals surface area contributed by atoms with Gasteiger partial charge in [-0.2, -0.15) is 23.5 Å². The van der Waals surface area contributed by atoms with E-state index in [0.717, 1.165) is 25.2 Å². The maximum Gasteiger partial charge on any atom is 0.0494 e. The summed E-state index contributed by atoms with van der Waals surface area (Å²) in [5.41, 5.74) is 0. The lowest BCUT2D eigenvalue weighted by Gasteiger charge is -2.23. The molecule has 0 amide bonds. The molecule has 1 atom stereocenters. The van der Waals surface area contributed by atoms with Crippen LogP contribution in [0, 0.1) is 5.92 Å². The summed E-state index contributed by atoms with van der Waals surface area (Å²) >= 11 is 4.20. The van der Waals surface area contributed by atoms with Crippen molar-refractivity contribution < 1.29 is 4.74 Å². The van der Waals surface area contributed by atoms with Gasteiger partial charge in [-0.15, -0.1) is 0 Å². The van der Waals surface area contributed by atoms with Gasteiger partial charge >= 0.3 is 0 Å². The van der Waals surface area contributed by atoms with Crippen molar-refractivity contribution in [2.24, 2.45) is 5.92 Å². The van der Waals surface area contributed by atoms with Crippen LogP contribution in [0.5, 0.6) is 0 Å². The molecule has 0 saturated carbocycles. The van der Waals surface area contributed by atoms with Gasteiger partial charge in [-0.1, -0.05) is 0 Å². The van der Waals surface area contributed by atoms with Crippen LogP contribution in [0.15, 0.2) is 0 Å². The van der Waals surface area contributed by atoms with Crippen molar-refractivity contribution >= 4 is 23.5 Å². The van der Waals surface area contributed by atoms with Crippen LogP contribution in [-0.4, -0.2) is 48.8 Å². The molecular formula is C12H23NOS2. The Kier molecular flexibility index (Phi) is 6.41. The quantitative estimate of drug-likeness (QED) is 0.837. The summed E-state index contributed by atoms with van der Waals surface area (Å²) in [6, 6.07) is 0.738. The molecule has 1 unspecified atom stereocenters. The highest BCUT2D eigenvalue weighted by molar-refractivity contribution is 8.03. The Hall–Kier alpha value is 0.620. The fourth-order valence-corrected chi connectivity index (χ4v) is 4.73. The molecule has 2 aliphatic rings. The summed E-state index contributed by atoms with van der Waals surface area (Å²) in [5, 5.41) is 3.71. The second-order valence-corrected chi connectivity index (χ2v) is 6.97. The molecule has 2 saturated heterocycles. The minimum Gasteiger partial charge on any atom is -0.381 e. The van der Waals surface area contributed by atoms with E-state index in [1.807, 2.05) is 0 Å². The molecule has 0 aliphatic carbocycles. The van der Waals surface area contributed by atoms with E-state index < -0.39 is 0 Å². The van der Waals surface area contributed by atoms with E-state index >= 15 is 0 Å². The standard InChI is InChI=1S/C12H23NOS2/c1-2-11(8-14-5-1)3-4-13-12-9-15-6-7-16-10-12/h11-13H,1-10H2. The Balaban J connectivity index is 1.55. The summed E-state index contributed by atoms with van der Waals surface area (Å²) < 4.78 is 5.51. The Labute approximate surface area is 108 Å². The topological polar surface area (TPSA) is 21.3 Å². The zero-order chi connectivity index (χ0) is 11.1. The second-order valence-electron chi connectivity index (χ2n) is 4.67. The van der Waals surface area contributed by atoms with Gasteiger partial charge in [-0.3, -0.25) is 0 Å². The Morgan fingerprint density at radius 2 is 2.00 bits per heavy atom. The molecule has 0 aromatic rings. The average Bonchev–Trinajstić information content (AvgIpc) is 2.59. The summed E-state index contributed by atoms with van der Waals surface area (Å²) in [7, 11) is 0. The van der Waals surface area contributed by atoms with Crippen LogP contribution < -0.4 is 5.32 Å². The van der Waals surface area contributed by atoms with E-state index in [4.69, 9.17) is 4.74 Å². The lowest BCUT2D eigenvalue weighted by Crippen LogP contribution is -2.35. The molecular weight excluding hydrogens is 238 g/mol. The molecule has 0 aromatic heterocycles. The maximum atomic E-state index is 5.51. The lowest BCUT2D eigenvalue weighted by atomic mass is 9.99. The molecule has 2 heterocycles. The predicted molar refractivity (Wildman–Crippen MR) is 74.6 cm³/mol. The van der Waals surface area contributed by atoms with Crippen molar-refractivity contribution in [2.45, 2.75) is 25.3 Å². The number of hydrogen-bond acceptors (Lipinski definition) is 4. The van der Waals surface area contributed by atoms with Crippen molar-refractivity contribution in [3.05, 3.63) is 0 Å². The number of ether oxygens (including phenoxy) is 1. The lowest BCUT2D eigenvalue weighted by molar-refractivity contribution is 0.0516. The highest BCUT2D eigenvalue weighted by atomic mass is 32.2. The van der Waals surface area contributed by atoms with Crippen molar-refractivity contribution in [1.82, 2.24) is 5.32 Å². The number of rotatable bonds is 4. The van der Waals surface area contributed by atoms with Crippen LogP contribution >= 0.6 is 23.5 Å². The van der Waals surface area contributed by atoms with Gasteiger partial charge in [0, 0.05) is 42.3 Å². The molecule has 4 heteroatoms. The molecule has 2 rings (SSSR count). The van der Waals surface area contributed by atoms with Crippen LogP contribution in [-0.2, 0) is 4.74 Å². The number of nitrogens with one attached hydrogen (secondary N) is 1. The SMILES string of the molecule is C1COCC(CCNC2CSCCSC2)C1. The van der Waals surface area contributed by atoms with E-state index in [9.17, 15) is 0 Å². The Bertz CT molecular complexity index is 178. The second kappa shape index (κ2) is 7.85. The van der Waals surface area contributed by atoms with Crippen LogP contribution in [0.1, 0.15) is 19.3 Å². The Morgan fingerprint density at radius 3 is 2.69 bits per heavy atom. The minimum absolute atomic E-state index is 0.738. The van der Waals surface area contributed by atoms with Crippen molar-refractivity contribution in [1.29, 1.82) is 0 Å². The molecule has 16 heavy (non-hydrogen) atoms. The van der Waals surface area contributed by atoms with Crippen molar-refractivity contribution in [3.63, 3.8) is 0 Å². The molecule has 0 radical (unpaired) electrons. The molecule has 0 spiro atoms. The molecule has 1 N–H and O–H groups in total. The zero-order valence-corrected chi connectivity index (χ0v) is 11.6. The van der Waals surface area contributed by atoms with Gasteiger partial charge in [-0.05, 0) is 31.7 Å². The van der Waals surface area contributed by atoms with Gasteiger partial charge in [0.2, 0.25) is 0 Å². The van der Waals surface area contributed by atoms with Crippen molar-refractivity contribution in [2.75, 3.05) is 42.8 Å². The van der Waals surface area contributed by atoms with Crippen LogP contribution in [0.3, 0.4) is 0 Å². The highest BCUT2D eigenvalue weighted by Crippen LogP contribution is 2.18. The van der Waals surface area contributed by atoms with Gasteiger partial charge < -0.3 is 10.1 Å². The average molecular weight is 261 g/mol. The van der Waals surface area contributed by atoms with Gasteiger partial charge in [0.1, 0.15) is 0 Å². The molecule has 0 bridgehead atoms. The van der Waals surface area contributed by atoms with E-state index in [1.165, 1.54) is 48.8 Å². The molecule has 2 aliphatic heterocycles. The van der Waals surface area contributed by atoms with Gasteiger partial charge in [0.25, 0.3) is 0 Å². The monoisotopic (exact) mass is 261 g/mol. The zero-order valence-electron chi connectivity index (χ0n) is 9.95. The van der Waals surface area contributed by atoms with E-state index in [0.29, 0.717) is 0 Å². The van der Waals surface area contributed by atoms with E-state index in [1.54, 1.807) is 0 Å². The molecule has 2 fully saturated rings. The fourth-order valence-electron chi connectivity index (χ4n) is 2.26. The summed E-state index contributed by atoms with van der Waals surface area (Å²) in [4.78, 5) is 0. The largest absolute Gasteiger partial charge is 0.381 e. The minimum atomic E-state index is 0.738. The molecule has 2 nitrogen and oxygen atoms in total. The van der Waals surface area contributed by atoms with Crippen LogP contribution in [0.25, 0.3) is 0 Å².